The first-order chi connectivity index (χ1) is 17.6. The van der Waals surface area contributed by atoms with E-state index in [-0.39, 0.29) is 11.9 Å². The van der Waals surface area contributed by atoms with Gasteiger partial charge in [-0.1, -0.05) is 56.2 Å². The number of hydrogen-bond donors (Lipinski definition) is 2. The number of rotatable bonds is 10. The summed E-state index contributed by atoms with van der Waals surface area (Å²) in [7, 11) is 0. The number of hydrogen-bond acceptors (Lipinski definition) is 4. The number of nitrogens with zero attached hydrogens (tertiary/aromatic N) is 3. The Balaban J connectivity index is 1.43. The van der Waals surface area contributed by atoms with Gasteiger partial charge in [-0.3, -0.25) is 14.9 Å². The molecule has 2 aromatic carbocycles. The van der Waals surface area contributed by atoms with Crippen LogP contribution in [-0.2, 0) is 11.2 Å². The van der Waals surface area contributed by atoms with Crippen LogP contribution in [0.15, 0.2) is 48.5 Å². The highest BCUT2D eigenvalue weighted by molar-refractivity contribution is 5.92. The van der Waals surface area contributed by atoms with E-state index >= 15 is 0 Å². The molecule has 7 nitrogen and oxygen atoms in total. The summed E-state index contributed by atoms with van der Waals surface area (Å²) in [6.07, 6.45) is 9.10. The van der Waals surface area contributed by atoms with Crippen LogP contribution < -0.4 is 10.4 Å². The zero-order valence-electron chi connectivity index (χ0n) is 21.3. The lowest BCUT2D eigenvalue weighted by molar-refractivity contribution is -0.129. The monoisotopic (exact) mass is 490 g/mol. The smallest absolute Gasteiger partial charge is 0.322 e. The molecule has 0 aromatic heterocycles. The van der Waals surface area contributed by atoms with Crippen LogP contribution in [0.3, 0.4) is 0 Å². The first kappa shape index (κ1) is 25.9. The largest absolute Gasteiger partial charge is 0.324 e. The first-order valence-electron chi connectivity index (χ1n) is 13.2. The minimum atomic E-state index is -0.350. The molecular formula is C29H38N4O3. The first-order valence-corrected chi connectivity index (χ1v) is 13.2. The van der Waals surface area contributed by atoms with E-state index in [0.717, 1.165) is 76.1 Å². The standard InChI is InChI=1S/C29H38N4O3/c1-2-31-18-20-32(21-19-31)29(35)33(17-6-4-3-5-10-28(34)30-36)27-15-13-24(14-16-27)26-12-11-23-8-7-9-25(23)22-26/h7,9,11-16,22,36H,2-6,8,10,17-21H2,1H3,(H,30,34). The summed E-state index contributed by atoms with van der Waals surface area (Å²) in [6.45, 7) is 7.14. The maximum atomic E-state index is 13.6. The molecule has 7 heteroatoms. The normalized spacial score (nSPS) is 15.1. The number of amides is 3. The van der Waals surface area contributed by atoms with Gasteiger partial charge in [0.1, 0.15) is 0 Å². The summed E-state index contributed by atoms with van der Waals surface area (Å²) in [5.41, 5.74) is 7.59. The molecule has 1 saturated heterocycles. The Morgan fingerprint density at radius 2 is 1.67 bits per heavy atom. The molecule has 1 aliphatic carbocycles. The van der Waals surface area contributed by atoms with Gasteiger partial charge in [0.05, 0.1) is 0 Å². The number of piperazine rings is 1. The average Bonchev–Trinajstić information content (AvgIpc) is 3.40. The Bertz CT molecular complexity index is 1060. The van der Waals surface area contributed by atoms with Crippen LogP contribution in [0.4, 0.5) is 10.5 Å². The van der Waals surface area contributed by atoms with Crippen molar-refractivity contribution in [1.82, 2.24) is 15.3 Å². The second-order valence-electron chi connectivity index (χ2n) is 9.62. The highest BCUT2D eigenvalue weighted by Gasteiger charge is 2.25. The number of anilines is 1. The predicted molar refractivity (Wildman–Crippen MR) is 144 cm³/mol. The molecule has 1 fully saturated rings. The van der Waals surface area contributed by atoms with Gasteiger partial charge in [-0.15, -0.1) is 0 Å². The third-order valence-electron chi connectivity index (χ3n) is 7.27. The SMILES string of the molecule is CCN1CCN(C(=O)N(CCCCCCC(=O)NO)c2ccc(-c3ccc4c(c3)C=CC4)cc2)CC1. The van der Waals surface area contributed by atoms with E-state index in [1.54, 1.807) is 5.48 Å². The van der Waals surface area contributed by atoms with Crippen molar-refractivity contribution in [2.24, 2.45) is 0 Å². The number of fused-ring (bicyclic) bond motifs is 1. The fraction of sp³-hybridized carbons (Fsp3) is 0.448. The van der Waals surface area contributed by atoms with Crippen LogP contribution in [0.25, 0.3) is 17.2 Å². The molecule has 36 heavy (non-hydrogen) atoms. The zero-order valence-corrected chi connectivity index (χ0v) is 21.3. The Kier molecular flexibility index (Phi) is 9.14. The maximum absolute atomic E-state index is 13.6. The molecule has 2 aliphatic rings. The fourth-order valence-corrected chi connectivity index (χ4v) is 4.99. The summed E-state index contributed by atoms with van der Waals surface area (Å²) in [5.74, 6) is -0.350. The molecule has 3 amide bonds. The van der Waals surface area contributed by atoms with Gasteiger partial charge >= 0.3 is 6.03 Å². The second-order valence-corrected chi connectivity index (χ2v) is 9.62. The minimum Gasteiger partial charge on any atom is -0.322 e. The van der Waals surface area contributed by atoms with Crippen molar-refractivity contribution in [3.8, 4) is 11.1 Å². The molecule has 0 saturated carbocycles. The van der Waals surface area contributed by atoms with Gasteiger partial charge in [0.2, 0.25) is 5.91 Å². The van der Waals surface area contributed by atoms with Crippen LogP contribution in [0.5, 0.6) is 0 Å². The van der Waals surface area contributed by atoms with E-state index in [4.69, 9.17) is 5.21 Å². The molecule has 2 aromatic rings. The third kappa shape index (κ3) is 6.53. The molecule has 0 radical (unpaired) electrons. The molecule has 4 rings (SSSR count). The van der Waals surface area contributed by atoms with E-state index in [1.807, 2.05) is 9.80 Å². The summed E-state index contributed by atoms with van der Waals surface area (Å²) in [5, 5.41) is 8.63. The minimum absolute atomic E-state index is 0.0702. The van der Waals surface area contributed by atoms with Crippen LogP contribution >= 0.6 is 0 Å². The number of nitrogens with one attached hydrogen (secondary N) is 1. The maximum Gasteiger partial charge on any atom is 0.324 e. The Morgan fingerprint density at radius 3 is 2.39 bits per heavy atom. The molecule has 0 bridgehead atoms. The number of carbonyl (C=O) groups excluding carboxylic acids is 2. The Labute approximate surface area is 214 Å². The molecular weight excluding hydrogens is 452 g/mol. The van der Waals surface area contributed by atoms with E-state index < -0.39 is 0 Å². The van der Waals surface area contributed by atoms with Crippen molar-refractivity contribution in [2.75, 3.05) is 44.2 Å². The van der Waals surface area contributed by atoms with Gasteiger partial charge in [0.25, 0.3) is 0 Å². The highest BCUT2D eigenvalue weighted by atomic mass is 16.5. The lowest BCUT2D eigenvalue weighted by Crippen LogP contribution is -2.53. The van der Waals surface area contributed by atoms with E-state index in [2.05, 4.69) is 66.4 Å². The second kappa shape index (κ2) is 12.7. The number of benzene rings is 2. The topological polar surface area (TPSA) is 76.1 Å². The lowest BCUT2D eigenvalue weighted by atomic mass is 10.00. The van der Waals surface area contributed by atoms with Gasteiger partial charge < -0.3 is 9.80 Å². The summed E-state index contributed by atoms with van der Waals surface area (Å²) < 4.78 is 0. The van der Waals surface area contributed by atoms with Crippen LogP contribution in [-0.4, -0.2) is 66.2 Å². The van der Waals surface area contributed by atoms with E-state index in [0.29, 0.717) is 13.0 Å². The Morgan fingerprint density at radius 1 is 0.944 bits per heavy atom. The molecule has 1 aliphatic heterocycles. The Hall–Kier alpha value is -3.16. The van der Waals surface area contributed by atoms with Crippen LogP contribution in [0.1, 0.15) is 50.2 Å². The van der Waals surface area contributed by atoms with Crippen molar-refractivity contribution >= 4 is 23.7 Å². The van der Waals surface area contributed by atoms with Gasteiger partial charge in [-0.05, 0) is 66.3 Å². The highest BCUT2D eigenvalue weighted by Crippen LogP contribution is 2.29. The van der Waals surface area contributed by atoms with Crippen molar-refractivity contribution in [3.63, 3.8) is 0 Å². The van der Waals surface area contributed by atoms with Gasteiger partial charge in [0.15, 0.2) is 0 Å². The average molecular weight is 491 g/mol. The number of carbonyl (C=O) groups is 2. The van der Waals surface area contributed by atoms with Crippen molar-refractivity contribution in [3.05, 3.63) is 59.7 Å². The molecule has 1 heterocycles. The molecule has 0 spiro atoms. The third-order valence-corrected chi connectivity index (χ3v) is 7.27. The number of likely N-dealkylation sites (N-methyl/N-ethyl adjacent to an activating group) is 1. The van der Waals surface area contributed by atoms with Crippen LogP contribution in [0.2, 0.25) is 0 Å². The van der Waals surface area contributed by atoms with Gasteiger partial charge in [-0.25, -0.2) is 10.3 Å². The zero-order chi connectivity index (χ0) is 25.3. The number of unbranched alkanes of at least 4 members (excludes halogenated alkanes) is 3. The summed E-state index contributed by atoms with van der Waals surface area (Å²) >= 11 is 0. The van der Waals surface area contributed by atoms with Crippen molar-refractivity contribution in [2.45, 2.75) is 45.4 Å². The quantitative estimate of drug-likeness (QED) is 0.281. The number of allylic oxidation sites excluding steroid dienone is 1. The van der Waals surface area contributed by atoms with E-state index in [1.165, 1.54) is 16.7 Å². The number of hydroxylamine groups is 1. The fourth-order valence-electron chi connectivity index (χ4n) is 4.99. The van der Waals surface area contributed by atoms with E-state index in [9.17, 15) is 9.59 Å². The lowest BCUT2D eigenvalue weighted by Gasteiger charge is -2.37. The van der Waals surface area contributed by atoms with Crippen LogP contribution in [0, 0.1) is 0 Å². The van der Waals surface area contributed by atoms with Crippen molar-refractivity contribution < 1.29 is 14.8 Å². The molecule has 192 valence electrons. The number of urea groups is 1. The molecule has 2 N–H and O–H groups in total. The molecule has 0 atom stereocenters. The summed E-state index contributed by atoms with van der Waals surface area (Å²) in [4.78, 5) is 31.0. The van der Waals surface area contributed by atoms with Gasteiger partial charge in [-0.2, -0.15) is 0 Å². The van der Waals surface area contributed by atoms with Gasteiger partial charge in [0, 0.05) is 44.8 Å². The van der Waals surface area contributed by atoms with Crippen molar-refractivity contribution in [1.29, 1.82) is 0 Å². The molecule has 0 unspecified atom stereocenters. The summed E-state index contributed by atoms with van der Waals surface area (Å²) in [6, 6.07) is 15.0. The predicted octanol–water partition coefficient (Wildman–Crippen LogP) is 4.94.